The molecule has 1 aromatic rings. The van der Waals surface area contributed by atoms with Crippen LogP contribution in [0.15, 0.2) is 16.9 Å². The third-order valence-electron chi connectivity index (χ3n) is 3.88. The highest BCUT2D eigenvalue weighted by Gasteiger charge is 2.31. The van der Waals surface area contributed by atoms with Crippen LogP contribution in [0.4, 0.5) is 0 Å². The zero-order valence-corrected chi connectivity index (χ0v) is 10.3. The SMILES string of the molecule is COC(=O)c1cc2n(c(=O)c1)CC1CNC[C@@H]2C1. The molecule has 0 saturated carbocycles. The fraction of sp³-hybridized carbons (Fsp3) is 0.538. The van der Waals surface area contributed by atoms with Gasteiger partial charge >= 0.3 is 5.97 Å². The van der Waals surface area contributed by atoms with Crippen molar-refractivity contribution in [3.63, 3.8) is 0 Å². The average Bonchev–Trinajstić information content (AvgIpc) is 2.39. The number of pyridine rings is 1. The van der Waals surface area contributed by atoms with Gasteiger partial charge in [0.05, 0.1) is 12.7 Å². The molecule has 0 aromatic carbocycles. The molecule has 0 spiro atoms. The van der Waals surface area contributed by atoms with Crippen molar-refractivity contribution in [3.8, 4) is 0 Å². The van der Waals surface area contributed by atoms with Crippen molar-refractivity contribution in [2.24, 2.45) is 5.92 Å². The fourth-order valence-corrected chi connectivity index (χ4v) is 3.04. The number of nitrogens with zero attached hydrogens (tertiary/aromatic N) is 1. The molecule has 0 aliphatic carbocycles. The highest BCUT2D eigenvalue weighted by atomic mass is 16.5. The lowest BCUT2D eigenvalue weighted by atomic mass is 9.84. The van der Waals surface area contributed by atoms with E-state index >= 15 is 0 Å². The molecule has 1 fully saturated rings. The lowest BCUT2D eigenvalue weighted by Crippen LogP contribution is -2.45. The topological polar surface area (TPSA) is 60.3 Å². The van der Waals surface area contributed by atoms with Crippen LogP contribution in [0.5, 0.6) is 0 Å². The predicted molar refractivity (Wildman–Crippen MR) is 65.8 cm³/mol. The lowest BCUT2D eigenvalue weighted by Gasteiger charge is -2.37. The highest BCUT2D eigenvalue weighted by molar-refractivity contribution is 5.89. The first-order valence-electron chi connectivity index (χ1n) is 6.23. The number of hydrogen-bond acceptors (Lipinski definition) is 4. The number of hydrogen-bond donors (Lipinski definition) is 1. The monoisotopic (exact) mass is 248 g/mol. The minimum atomic E-state index is -0.443. The van der Waals surface area contributed by atoms with E-state index in [2.05, 4.69) is 10.1 Å². The first-order valence-corrected chi connectivity index (χ1v) is 6.23. The van der Waals surface area contributed by atoms with E-state index in [0.717, 1.165) is 31.7 Å². The van der Waals surface area contributed by atoms with Crippen molar-refractivity contribution >= 4 is 5.97 Å². The average molecular weight is 248 g/mol. The molecule has 1 saturated heterocycles. The van der Waals surface area contributed by atoms with Gasteiger partial charge in [-0.2, -0.15) is 0 Å². The Morgan fingerprint density at radius 2 is 2.28 bits per heavy atom. The zero-order chi connectivity index (χ0) is 12.7. The number of nitrogens with one attached hydrogen (secondary N) is 1. The van der Waals surface area contributed by atoms with Gasteiger partial charge in [-0.25, -0.2) is 4.79 Å². The molecule has 5 heteroatoms. The standard InChI is InChI=1S/C13H16N2O3/c1-18-13(17)9-3-11-10-2-8(5-14-6-10)7-15(11)12(16)4-9/h3-4,8,10,14H,2,5-7H2,1H3/t8?,10-/m0/s1. The first kappa shape index (κ1) is 11.5. The van der Waals surface area contributed by atoms with Crippen molar-refractivity contribution in [3.05, 3.63) is 33.7 Å². The van der Waals surface area contributed by atoms with Gasteiger partial charge in [-0.3, -0.25) is 4.79 Å². The summed E-state index contributed by atoms with van der Waals surface area (Å²) in [5.41, 5.74) is 1.23. The summed E-state index contributed by atoms with van der Waals surface area (Å²) in [6.07, 6.45) is 1.09. The van der Waals surface area contributed by atoms with E-state index in [1.807, 2.05) is 4.57 Å². The Morgan fingerprint density at radius 1 is 1.44 bits per heavy atom. The second-order valence-electron chi connectivity index (χ2n) is 5.07. The summed E-state index contributed by atoms with van der Waals surface area (Å²) in [7, 11) is 1.33. The van der Waals surface area contributed by atoms with Crippen molar-refractivity contribution in [2.75, 3.05) is 20.2 Å². The van der Waals surface area contributed by atoms with Crippen LogP contribution in [0.2, 0.25) is 0 Å². The number of methoxy groups -OCH3 is 1. The summed E-state index contributed by atoms with van der Waals surface area (Å²) in [6, 6.07) is 3.19. The predicted octanol–water partition coefficient (Wildman–Crippen LogP) is 0.342. The van der Waals surface area contributed by atoms with Gasteiger partial charge < -0.3 is 14.6 Å². The molecule has 3 rings (SSSR count). The highest BCUT2D eigenvalue weighted by Crippen LogP contribution is 2.32. The van der Waals surface area contributed by atoms with Gasteiger partial charge in [0.1, 0.15) is 0 Å². The maximum Gasteiger partial charge on any atom is 0.338 e. The molecule has 18 heavy (non-hydrogen) atoms. The summed E-state index contributed by atoms with van der Waals surface area (Å²) >= 11 is 0. The molecule has 2 aliphatic rings. The summed E-state index contributed by atoms with van der Waals surface area (Å²) < 4.78 is 6.50. The smallest absolute Gasteiger partial charge is 0.338 e. The van der Waals surface area contributed by atoms with E-state index in [1.54, 1.807) is 6.07 Å². The minimum Gasteiger partial charge on any atom is -0.465 e. The zero-order valence-electron chi connectivity index (χ0n) is 10.3. The van der Waals surface area contributed by atoms with E-state index in [1.165, 1.54) is 13.2 Å². The molecular formula is C13H16N2O3. The number of piperidine rings is 1. The fourth-order valence-electron chi connectivity index (χ4n) is 3.04. The second kappa shape index (κ2) is 4.24. The Balaban J connectivity index is 2.10. The first-order chi connectivity index (χ1) is 8.69. The van der Waals surface area contributed by atoms with Crippen LogP contribution in [0.3, 0.4) is 0 Å². The van der Waals surface area contributed by atoms with Crippen LogP contribution in [-0.2, 0) is 11.3 Å². The van der Waals surface area contributed by atoms with Crippen LogP contribution in [0.25, 0.3) is 0 Å². The molecule has 5 nitrogen and oxygen atoms in total. The molecule has 2 aliphatic heterocycles. The van der Waals surface area contributed by atoms with E-state index in [-0.39, 0.29) is 5.56 Å². The summed E-state index contributed by atoms with van der Waals surface area (Å²) in [4.78, 5) is 23.6. The number of aromatic nitrogens is 1. The summed E-state index contributed by atoms with van der Waals surface area (Å²) in [5, 5.41) is 3.38. The molecular weight excluding hydrogens is 232 g/mol. The van der Waals surface area contributed by atoms with Crippen LogP contribution in [0.1, 0.15) is 28.4 Å². The molecule has 2 atom stereocenters. The van der Waals surface area contributed by atoms with Crippen LogP contribution in [0, 0.1) is 5.92 Å². The normalized spacial score (nSPS) is 25.4. The van der Waals surface area contributed by atoms with Gasteiger partial charge in [0.15, 0.2) is 0 Å². The second-order valence-corrected chi connectivity index (χ2v) is 5.07. The Morgan fingerprint density at radius 3 is 3.06 bits per heavy atom. The van der Waals surface area contributed by atoms with Crippen LogP contribution >= 0.6 is 0 Å². The third kappa shape index (κ3) is 1.75. The minimum absolute atomic E-state index is 0.0931. The molecule has 2 bridgehead atoms. The van der Waals surface area contributed by atoms with Gasteiger partial charge in [0.2, 0.25) is 0 Å². The molecule has 96 valence electrons. The van der Waals surface area contributed by atoms with E-state index in [0.29, 0.717) is 17.4 Å². The maximum atomic E-state index is 12.1. The van der Waals surface area contributed by atoms with Gasteiger partial charge in [-0.05, 0) is 24.9 Å². The molecule has 0 radical (unpaired) electrons. The largest absolute Gasteiger partial charge is 0.465 e. The van der Waals surface area contributed by atoms with Gasteiger partial charge in [0.25, 0.3) is 5.56 Å². The molecule has 0 amide bonds. The van der Waals surface area contributed by atoms with Crippen molar-refractivity contribution < 1.29 is 9.53 Å². The Labute approximate surface area is 105 Å². The van der Waals surface area contributed by atoms with Crippen LogP contribution < -0.4 is 10.9 Å². The number of carbonyl (C=O) groups is 1. The number of fused-ring (bicyclic) bond motifs is 4. The molecule has 3 heterocycles. The van der Waals surface area contributed by atoms with Gasteiger partial charge in [-0.15, -0.1) is 0 Å². The van der Waals surface area contributed by atoms with Crippen molar-refractivity contribution in [1.29, 1.82) is 0 Å². The number of esters is 1. The van der Waals surface area contributed by atoms with Crippen LogP contribution in [-0.4, -0.2) is 30.7 Å². The molecule has 1 N–H and O–H groups in total. The number of carbonyl (C=O) groups excluding carboxylic acids is 1. The summed E-state index contributed by atoms with van der Waals surface area (Å²) in [5.74, 6) is 0.411. The third-order valence-corrected chi connectivity index (χ3v) is 3.88. The van der Waals surface area contributed by atoms with E-state index < -0.39 is 5.97 Å². The van der Waals surface area contributed by atoms with Gasteiger partial charge in [-0.1, -0.05) is 0 Å². The van der Waals surface area contributed by atoms with Gasteiger partial charge in [0, 0.05) is 30.8 Å². The summed E-state index contributed by atoms with van der Waals surface area (Å²) in [6.45, 7) is 2.60. The quantitative estimate of drug-likeness (QED) is 0.728. The number of rotatable bonds is 1. The maximum absolute atomic E-state index is 12.1. The van der Waals surface area contributed by atoms with Crippen molar-refractivity contribution in [1.82, 2.24) is 9.88 Å². The van der Waals surface area contributed by atoms with E-state index in [4.69, 9.17) is 0 Å². The Kier molecular flexibility index (Phi) is 2.70. The Hall–Kier alpha value is -1.62. The number of ether oxygens (including phenoxy) is 1. The van der Waals surface area contributed by atoms with E-state index in [9.17, 15) is 9.59 Å². The Bertz CT molecular complexity index is 550. The lowest BCUT2D eigenvalue weighted by molar-refractivity contribution is 0.0599. The molecule has 1 unspecified atom stereocenters. The molecule has 1 aromatic heterocycles. The van der Waals surface area contributed by atoms with Crippen molar-refractivity contribution in [2.45, 2.75) is 18.9 Å².